The molecule has 0 atom stereocenters. The van der Waals surface area contributed by atoms with E-state index in [9.17, 15) is 4.79 Å². The maximum Gasteiger partial charge on any atom is 0.249 e. The highest BCUT2D eigenvalue weighted by Crippen LogP contribution is 2.25. The molecular formula is C15H13BrN4O. The number of benzene rings is 1. The summed E-state index contributed by atoms with van der Waals surface area (Å²) in [6.45, 7) is 3.84. The van der Waals surface area contributed by atoms with Gasteiger partial charge in [-0.1, -0.05) is 18.2 Å². The number of aromatic nitrogens is 3. The minimum absolute atomic E-state index is 0.444. The zero-order valence-electron chi connectivity index (χ0n) is 11.6. The van der Waals surface area contributed by atoms with Gasteiger partial charge in [0.1, 0.15) is 0 Å². The minimum Gasteiger partial charge on any atom is -0.366 e. The average molecular weight is 345 g/mol. The van der Waals surface area contributed by atoms with Crippen molar-refractivity contribution in [2.24, 2.45) is 5.73 Å². The lowest BCUT2D eigenvalue weighted by Gasteiger charge is -2.08. The Morgan fingerprint density at radius 3 is 2.62 bits per heavy atom. The van der Waals surface area contributed by atoms with Gasteiger partial charge in [0.25, 0.3) is 0 Å². The van der Waals surface area contributed by atoms with Crippen molar-refractivity contribution < 1.29 is 4.79 Å². The molecule has 0 unspecified atom stereocenters. The van der Waals surface area contributed by atoms with Crippen LogP contribution in [0.25, 0.3) is 16.7 Å². The quantitative estimate of drug-likeness (QED) is 0.776. The first kappa shape index (κ1) is 13.8. The van der Waals surface area contributed by atoms with E-state index in [2.05, 4.69) is 26.0 Å². The van der Waals surface area contributed by atoms with Crippen molar-refractivity contribution in [2.75, 3.05) is 0 Å². The van der Waals surface area contributed by atoms with Gasteiger partial charge in [-0.05, 0) is 41.9 Å². The van der Waals surface area contributed by atoms with Crippen LogP contribution in [0.1, 0.15) is 21.7 Å². The lowest BCUT2D eigenvalue weighted by atomic mass is 10.1. The monoisotopic (exact) mass is 344 g/mol. The van der Waals surface area contributed by atoms with Gasteiger partial charge in [0.2, 0.25) is 5.91 Å². The average Bonchev–Trinajstić information content (AvgIpc) is 2.73. The third-order valence-electron chi connectivity index (χ3n) is 3.39. The van der Waals surface area contributed by atoms with E-state index in [4.69, 9.17) is 5.73 Å². The second-order valence-corrected chi connectivity index (χ2v) is 5.60. The fourth-order valence-corrected chi connectivity index (χ4v) is 2.57. The number of hydrogen-bond acceptors (Lipinski definition) is 3. The molecule has 1 amide bonds. The zero-order chi connectivity index (χ0) is 15.1. The number of nitrogens with two attached hydrogens (primary N) is 1. The van der Waals surface area contributed by atoms with Gasteiger partial charge in [-0.3, -0.25) is 4.79 Å². The summed E-state index contributed by atoms with van der Waals surface area (Å²) in [6, 6.07) is 9.10. The van der Waals surface area contributed by atoms with E-state index in [1.165, 1.54) is 0 Å². The van der Waals surface area contributed by atoms with Crippen LogP contribution in [0.4, 0.5) is 0 Å². The Hall–Kier alpha value is -2.21. The number of nitrogens with zero attached hydrogens (tertiary/aromatic N) is 3. The van der Waals surface area contributed by atoms with Gasteiger partial charge in [-0.2, -0.15) is 5.10 Å². The van der Waals surface area contributed by atoms with Crippen molar-refractivity contribution in [2.45, 2.75) is 13.8 Å². The molecule has 21 heavy (non-hydrogen) atoms. The molecule has 0 saturated carbocycles. The molecule has 1 aromatic carbocycles. The highest BCUT2D eigenvalue weighted by Gasteiger charge is 2.15. The molecular weight excluding hydrogens is 332 g/mol. The smallest absolute Gasteiger partial charge is 0.249 e. The number of halogens is 1. The van der Waals surface area contributed by atoms with E-state index in [0.29, 0.717) is 16.9 Å². The summed E-state index contributed by atoms with van der Waals surface area (Å²) >= 11 is 3.49. The van der Waals surface area contributed by atoms with Crippen molar-refractivity contribution in [3.63, 3.8) is 0 Å². The van der Waals surface area contributed by atoms with Crippen LogP contribution in [0.2, 0.25) is 0 Å². The van der Waals surface area contributed by atoms with Crippen molar-refractivity contribution in [3.8, 4) is 5.82 Å². The number of carbonyl (C=O) groups excluding carboxylic acids is 1. The Bertz CT molecular complexity index is 869. The van der Waals surface area contributed by atoms with Gasteiger partial charge in [-0.15, -0.1) is 0 Å². The summed E-state index contributed by atoms with van der Waals surface area (Å²) in [4.78, 5) is 16.3. The third kappa shape index (κ3) is 2.21. The molecule has 0 fully saturated rings. The molecule has 2 heterocycles. The number of rotatable bonds is 2. The molecule has 0 radical (unpaired) electrons. The van der Waals surface area contributed by atoms with E-state index in [1.54, 1.807) is 10.7 Å². The summed E-state index contributed by atoms with van der Waals surface area (Å²) < 4.78 is 2.64. The summed E-state index contributed by atoms with van der Waals surface area (Å²) in [5, 5.41) is 5.19. The third-order valence-corrected chi connectivity index (χ3v) is 4.54. The van der Waals surface area contributed by atoms with Crippen LogP contribution >= 0.6 is 15.9 Å². The summed E-state index contributed by atoms with van der Waals surface area (Å²) in [6.07, 6.45) is 0. The van der Waals surface area contributed by atoms with Crippen LogP contribution in [-0.4, -0.2) is 20.7 Å². The van der Waals surface area contributed by atoms with E-state index < -0.39 is 5.91 Å². The van der Waals surface area contributed by atoms with Gasteiger partial charge in [-0.25, -0.2) is 9.67 Å². The second-order valence-electron chi connectivity index (χ2n) is 4.81. The Morgan fingerprint density at radius 2 is 2.00 bits per heavy atom. The number of primary amides is 1. The van der Waals surface area contributed by atoms with Gasteiger partial charge in [0.05, 0.1) is 26.9 Å². The standard InChI is InChI=1S/C15H13BrN4O/c1-8-14(16)9(2)20(19-8)13-7-11(15(17)21)10-5-3-4-6-12(10)18-13/h3-7H,1-2H3,(H2,17,21). The number of para-hydroxylation sites is 1. The lowest BCUT2D eigenvalue weighted by Crippen LogP contribution is -2.13. The molecule has 0 saturated heterocycles. The molecule has 5 nitrogen and oxygen atoms in total. The summed E-state index contributed by atoms with van der Waals surface area (Å²) in [7, 11) is 0. The topological polar surface area (TPSA) is 73.8 Å². The maximum atomic E-state index is 11.7. The highest BCUT2D eigenvalue weighted by atomic mass is 79.9. The molecule has 2 N–H and O–H groups in total. The van der Waals surface area contributed by atoms with Crippen LogP contribution < -0.4 is 5.73 Å². The molecule has 2 aromatic heterocycles. The number of amides is 1. The minimum atomic E-state index is -0.476. The van der Waals surface area contributed by atoms with Crippen LogP contribution in [0.15, 0.2) is 34.8 Å². The normalized spacial score (nSPS) is 11.0. The summed E-state index contributed by atoms with van der Waals surface area (Å²) in [5.41, 5.74) is 8.44. The molecule has 0 aliphatic rings. The van der Waals surface area contributed by atoms with E-state index in [1.807, 2.05) is 38.1 Å². The molecule has 3 rings (SSSR count). The highest BCUT2D eigenvalue weighted by molar-refractivity contribution is 9.10. The van der Waals surface area contributed by atoms with Crippen LogP contribution in [0.5, 0.6) is 0 Å². The van der Waals surface area contributed by atoms with Crippen molar-refractivity contribution >= 4 is 32.7 Å². The van der Waals surface area contributed by atoms with Crippen molar-refractivity contribution in [1.82, 2.24) is 14.8 Å². The first-order valence-electron chi connectivity index (χ1n) is 6.40. The van der Waals surface area contributed by atoms with E-state index >= 15 is 0 Å². The Labute approximate surface area is 129 Å². The van der Waals surface area contributed by atoms with Crippen LogP contribution in [-0.2, 0) is 0 Å². The predicted molar refractivity (Wildman–Crippen MR) is 84.6 cm³/mol. The molecule has 6 heteroatoms. The molecule has 0 bridgehead atoms. The Morgan fingerprint density at radius 1 is 1.29 bits per heavy atom. The first-order chi connectivity index (χ1) is 9.99. The number of pyridine rings is 1. The van der Waals surface area contributed by atoms with Crippen LogP contribution in [0.3, 0.4) is 0 Å². The van der Waals surface area contributed by atoms with Gasteiger partial charge >= 0.3 is 0 Å². The number of hydrogen-bond donors (Lipinski definition) is 1. The van der Waals surface area contributed by atoms with Crippen molar-refractivity contribution in [1.29, 1.82) is 0 Å². The van der Waals surface area contributed by atoms with E-state index in [-0.39, 0.29) is 0 Å². The SMILES string of the molecule is Cc1nn(-c2cc(C(N)=O)c3ccccc3n2)c(C)c1Br. The molecule has 0 spiro atoms. The Balaban J connectivity index is 2.33. The predicted octanol–water partition coefficient (Wildman–Crippen LogP) is 2.90. The fraction of sp³-hybridized carbons (Fsp3) is 0.133. The second kappa shape index (κ2) is 4.96. The van der Waals surface area contributed by atoms with E-state index in [0.717, 1.165) is 21.2 Å². The van der Waals surface area contributed by atoms with Gasteiger partial charge in [0.15, 0.2) is 5.82 Å². The number of aryl methyl sites for hydroxylation is 1. The van der Waals surface area contributed by atoms with Crippen molar-refractivity contribution in [3.05, 3.63) is 51.8 Å². The zero-order valence-corrected chi connectivity index (χ0v) is 13.2. The summed E-state index contributed by atoms with van der Waals surface area (Å²) in [5.74, 6) is 0.101. The maximum absolute atomic E-state index is 11.7. The lowest BCUT2D eigenvalue weighted by molar-refractivity contribution is 0.100. The fourth-order valence-electron chi connectivity index (χ4n) is 2.32. The number of carbonyl (C=O) groups is 1. The Kier molecular flexibility index (Phi) is 3.25. The van der Waals surface area contributed by atoms with Crippen LogP contribution in [0, 0.1) is 13.8 Å². The molecule has 106 valence electrons. The first-order valence-corrected chi connectivity index (χ1v) is 7.20. The molecule has 3 aromatic rings. The number of fused-ring (bicyclic) bond motifs is 1. The van der Waals surface area contributed by atoms with Gasteiger partial charge in [0, 0.05) is 5.39 Å². The largest absolute Gasteiger partial charge is 0.366 e. The molecule has 0 aliphatic carbocycles. The van der Waals surface area contributed by atoms with Gasteiger partial charge < -0.3 is 5.73 Å². The molecule has 0 aliphatic heterocycles.